The molecule has 0 aromatic rings. The first-order valence-electron chi connectivity index (χ1n) is 5.60. The van der Waals surface area contributed by atoms with Gasteiger partial charge in [-0.1, -0.05) is 27.7 Å². The second-order valence-corrected chi connectivity index (χ2v) is 6.12. The van der Waals surface area contributed by atoms with E-state index in [0.29, 0.717) is 6.54 Å². The Morgan fingerprint density at radius 2 is 1.60 bits per heavy atom. The molecule has 88 valence electrons. The van der Waals surface area contributed by atoms with Crippen molar-refractivity contribution in [3.8, 4) is 0 Å². The van der Waals surface area contributed by atoms with Crippen LogP contribution in [0.3, 0.4) is 0 Å². The fourth-order valence-corrected chi connectivity index (χ4v) is 3.38. The molecule has 1 aliphatic rings. The summed E-state index contributed by atoms with van der Waals surface area (Å²) in [5.41, 5.74) is 5.67. The molecule has 1 aliphatic carbocycles. The Bertz CT molecular complexity index is 253. The fourth-order valence-electron chi connectivity index (χ4n) is 3.38. The van der Waals surface area contributed by atoms with Gasteiger partial charge in [0, 0.05) is 5.41 Å². The van der Waals surface area contributed by atoms with Crippen molar-refractivity contribution in [2.75, 3.05) is 6.54 Å². The van der Waals surface area contributed by atoms with Gasteiger partial charge < -0.3 is 10.8 Å². The summed E-state index contributed by atoms with van der Waals surface area (Å²) in [4.78, 5) is 11.0. The number of hydrogen-bond acceptors (Lipinski definition) is 2. The van der Waals surface area contributed by atoms with Crippen molar-refractivity contribution in [3.05, 3.63) is 0 Å². The molecule has 0 heterocycles. The van der Waals surface area contributed by atoms with E-state index in [1.54, 1.807) is 0 Å². The van der Waals surface area contributed by atoms with Gasteiger partial charge in [0.2, 0.25) is 0 Å². The van der Waals surface area contributed by atoms with Gasteiger partial charge in [0.05, 0.1) is 6.42 Å². The summed E-state index contributed by atoms with van der Waals surface area (Å²) in [5, 5.41) is 9.08. The third-order valence-electron chi connectivity index (χ3n) is 4.77. The fraction of sp³-hybridized carbons (Fsp3) is 0.917. The minimum absolute atomic E-state index is 0.0175. The van der Waals surface area contributed by atoms with Gasteiger partial charge in [0.1, 0.15) is 0 Å². The van der Waals surface area contributed by atoms with E-state index in [1.807, 2.05) is 0 Å². The molecule has 0 aromatic carbocycles. The van der Waals surface area contributed by atoms with Crippen LogP contribution in [-0.4, -0.2) is 17.6 Å². The number of nitrogens with two attached hydrogens (primary N) is 1. The minimum atomic E-state index is -0.733. The highest BCUT2D eigenvalue weighted by Gasteiger charge is 2.59. The largest absolute Gasteiger partial charge is 0.481 e. The van der Waals surface area contributed by atoms with Crippen LogP contribution in [-0.2, 0) is 4.79 Å². The monoisotopic (exact) mass is 213 g/mol. The topological polar surface area (TPSA) is 63.3 Å². The van der Waals surface area contributed by atoms with Crippen molar-refractivity contribution in [1.82, 2.24) is 0 Å². The van der Waals surface area contributed by atoms with Crippen molar-refractivity contribution in [2.24, 2.45) is 22.0 Å². The van der Waals surface area contributed by atoms with Gasteiger partial charge in [-0.3, -0.25) is 4.79 Å². The average Bonchev–Trinajstić information content (AvgIpc) is 2.25. The normalized spacial score (nSPS) is 26.5. The summed E-state index contributed by atoms with van der Waals surface area (Å²) in [6.07, 6.45) is 2.30. The maximum absolute atomic E-state index is 11.0. The SMILES string of the molecule is CC1(C)CCC(C)(C)C1(CN)CC(=O)O. The van der Waals surface area contributed by atoms with Gasteiger partial charge in [-0.05, 0) is 30.2 Å². The lowest BCUT2D eigenvalue weighted by atomic mass is 9.57. The third kappa shape index (κ3) is 1.67. The lowest BCUT2D eigenvalue weighted by molar-refractivity contribution is -0.144. The van der Waals surface area contributed by atoms with E-state index in [-0.39, 0.29) is 22.7 Å². The van der Waals surface area contributed by atoms with E-state index in [9.17, 15) is 4.79 Å². The highest BCUT2D eigenvalue weighted by atomic mass is 16.4. The Labute approximate surface area is 92.0 Å². The van der Waals surface area contributed by atoms with Crippen LogP contribution in [0.5, 0.6) is 0 Å². The number of carboxylic acids is 1. The van der Waals surface area contributed by atoms with Crippen LogP contribution in [0, 0.1) is 16.2 Å². The standard InChI is InChI=1S/C12H23NO2/c1-10(2)5-6-11(3,4)12(10,8-13)7-9(14)15/h5-8,13H2,1-4H3,(H,14,15). The van der Waals surface area contributed by atoms with Crippen molar-refractivity contribution in [1.29, 1.82) is 0 Å². The molecule has 3 heteroatoms. The van der Waals surface area contributed by atoms with Crippen molar-refractivity contribution in [2.45, 2.75) is 47.0 Å². The summed E-state index contributed by atoms with van der Waals surface area (Å²) in [7, 11) is 0. The van der Waals surface area contributed by atoms with Crippen LogP contribution in [0.2, 0.25) is 0 Å². The molecule has 0 radical (unpaired) electrons. The van der Waals surface area contributed by atoms with Gasteiger partial charge in [-0.2, -0.15) is 0 Å². The van der Waals surface area contributed by atoms with Crippen LogP contribution >= 0.6 is 0 Å². The van der Waals surface area contributed by atoms with E-state index in [4.69, 9.17) is 10.8 Å². The predicted octanol–water partition coefficient (Wildman–Crippen LogP) is 2.25. The molecule has 15 heavy (non-hydrogen) atoms. The number of carboxylic acid groups (broad SMARTS) is 1. The predicted molar refractivity (Wildman–Crippen MR) is 60.5 cm³/mol. The molecular formula is C12H23NO2. The lowest BCUT2D eigenvalue weighted by Crippen LogP contribution is -2.49. The third-order valence-corrected chi connectivity index (χ3v) is 4.77. The van der Waals surface area contributed by atoms with Gasteiger partial charge in [-0.25, -0.2) is 0 Å². The molecule has 1 fully saturated rings. The summed E-state index contributed by atoms with van der Waals surface area (Å²) in [5.74, 6) is -0.733. The van der Waals surface area contributed by atoms with Gasteiger partial charge in [-0.15, -0.1) is 0 Å². The smallest absolute Gasteiger partial charge is 0.303 e. The van der Waals surface area contributed by atoms with Gasteiger partial charge in [0.15, 0.2) is 0 Å². The van der Waals surface area contributed by atoms with Crippen molar-refractivity contribution < 1.29 is 9.90 Å². The Morgan fingerprint density at radius 1 is 1.20 bits per heavy atom. The first kappa shape index (κ1) is 12.5. The molecule has 0 unspecified atom stereocenters. The molecule has 0 saturated heterocycles. The van der Waals surface area contributed by atoms with E-state index in [2.05, 4.69) is 27.7 Å². The van der Waals surface area contributed by atoms with E-state index in [0.717, 1.165) is 12.8 Å². The zero-order valence-electron chi connectivity index (χ0n) is 10.3. The van der Waals surface area contributed by atoms with E-state index in [1.165, 1.54) is 0 Å². The molecule has 0 amide bonds. The second kappa shape index (κ2) is 3.48. The minimum Gasteiger partial charge on any atom is -0.481 e. The van der Waals surface area contributed by atoms with Crippen LogP contribution in [0.25, 0.3) is 0 Å². The Hall–Kier alpha value is -0.570. The average molecular weight is 213 g/mol. The molecule has 3 N–H and O–H groups in total. The van der Waals surface area contributed by atoms with Gasteiger partial charge >= 0.3 is 5.97 Å². The van der Waals surface area contributed by atoms with Crippen molar-refractivity contribution in [3.63, 3.8) is 0 Å². The molecule has 1 saturated carbocycles. The Morgan fingerprint density at radius 3 is 1.87 bits per heavy atom. The molecule has 3 nitrogen and oxygen atoms in total. The Balaban J connectivity index is 3.16. The molecular weight excluding hydrogens is 190 g/mol. The van der Waals surface area contributed by atoms with Crippen molar-refractivity contribution >= 4 is 5.97 Å². The lowest BCUT2D eigenvalue weighted by Gasteiger charge is -2.48. The maximum atomic E-state index is 11.0. The highest BCUT2D eigenvalue weighted by Crippen LogP contribution is 2.63. The summed E-state index contributed by atoms with van der Waals surface area (Å²) >= 11 is 0. The number of aliphatic carboxylic acids is 1. The second-order valence-electron chi connectivity index (χ2n) is 6.12. The molecule has 0 atom stereocenters. The number of rotatable bonds is 3. The first-order valence-corrected chi connectivity index (χ1v) is 5.60. The zero-order chi connectivity index (χ0) is 11.9. The molecule has 1 rings (SSSR count). The molecule has 0 aromatic heterocycles. The summed E-state index contributed by atoms with van der Waals surface area (Å²) < 4.78 is 0. The number of carbonyl (C=O) groups is 1. The van der Waals surface area contributed by atoms with Gasteiger partial charge in [0.25, 0.3) is 0 Å². The molecule has 0 aliphatic heterocycles. The summed E-state index contributed by atoms with van der Waals surface area (Å²) in [6, 6.07) is 0. The molecule has 0 bridgehead atoms. The number of hydrogen-bond donors (Lipinski definition) is 2. The van der Waals surface area contributed by atoms with E-state index < -0.39 is 5.97 Å². The van der Waals surface area contributed by atoms with Crippen LogP contribution in [0.4, 0.5) is 0 Å². The van der Waals surface area contributed by atoms with Crippen LogP contribution < -0.4 is 5.73 Å². The quantitative estimate of drug-likeness (QED) is 0.755. The van der Waals surface area contributed by atoms with E-state index >= 15 is 0 Å². The maximum Gasteiger partial charge on any atom is 0.303 e. The first-order chi connectivity index (χ1) is 6.68. The zero-order valence-corrected chi connectivity index (χ0v) is 10.3. The van der Waals surface area contributed by atoms with Crippen LogP contribution in [0.1, 0.15) is 47.0 Å². The van der Waals surface area contributed by atoms with Crippen LogP contribution in [0.15, 0.2) is 0 Å². The highest BCUT2D eigenvalue weighted by molar-refractivity contribution is 5.68. The molecule has 0 spiro atoms. The summed E-state index contributed by atoms with van der Waals surface area (Å²) in [6.45, 7) is 9.06. The Kier molecular flexibility index (Phi) is 2.90.